The van der Waals surface area contributed by atoms with Gasteiger partial charge in [-0.1, -0.05) is 12.1 Å². The lowest BCUT2D eigenvalue weighted by Gasteiger charge is -2.41. The normalized spacial score (nSPS) is 20.4. The summed E-state index contributed by atoms with van der Waals surface area (Å²) in [6.07, 6.45) is -1.63. The van der Waals surface area contributed by atoms with Gasteiger partial charge in [0.15, 0.2) is 6.10 Å². The third-order valence-electron chi connectivity index (χ3n) is 6.76. The van der Waals surface area contributed by atoms with Crippen LogP contribution in [-0.2, 0) is 6.42 Å². The molecule has 172 valence electrons. The maximum absolute atomic E-state index is 12.1. The standard InChI is InChI=1S/C25H16N4O6/c30-14-5-1-3-11-19(14)28-21-13(26-11)7-9-17-16(35-24(21)23(9)32)8-10(25(33)34)18-22(17)29-20-12(27-18)4-2-6-15(20)31/h1-6,8-9,23-24,30-32H,7H2,(H,33,34)/t9-,23-,24-/m0/s1. The Bertz CT molecular complexity index is 1750. The van der Waals surface area contributed by atoms with Crippen LogP contribution in [0.4, 0.5) is 0 Å². The Hall–Kier alpha value is -4.57. The SMILES string of the molecule is O=C(O)c1cc2c(c3nc4c(O)cccc4nc13)[C@@H]1Cc3nc4cccc(O)c4nc3[C@H](O2)[C@H]1O. The molecule has 2 bridgehead atoms. The smallest absolute Gasteiger partial charge is 0.338 e. The van der Waals surface area contributed by atoms with Crippen LogP contribution in [0.5, 0.6) is 17.2 Å². The number of hydrogen-bond donors (Lipinski definition) is 4. The predicted molar refractivity (Wildman–Crippen MR) is 123 cm³/mol. The van der Waals surface area contributed by atoms with Crippen molar-refractivity contribution in [2.45, 2.75) is 24.5 Å². The number of benzene rings is 3. The summed E-state index contributed by atoms with van der Waals surface area (Å²) in [4.78, 5) is 30.4. The molecule has 3 heterocycles. The topological polar surface area (TPSA) is 159 Å². The van der Waals surface area contributed by atoms with Crippen LogP contribution < -0.4 is 4.74 Å². The molecule has 35 heavy (non-hydrogen) atoms. The van der Waals surface area contributed by atoms with Crippen molar-refractivity contribution in [1.29, 1.82) is 0 Å². The highest BCUT2D eigenvalue weighted by Gasteiger charge is 2.46. The van der Waals surface area contributed by atoms with Crippen molar-refractivity contribution >= 4 is 39.1 Å². The summed E-state index contributed by atoms with van der Waals surface area (Å²) < 4.78 is 6.14. The average molecular weight is 468 g/mol. The fraction of sp³-hybridized carbons (Fsp3) is 0.160. The number of nitrogens with zero attached hydrogens (tertiary/aromatic N) is 4. The number of carboxylic acid groups (broad SMARTS) is 1. The molecule has 2 aliphatic rings. The summed E-state index contributed by atoms with van der Waals surface area (Å²) in [5, 5.41) is 41.8. The van der Waals surface area contributed by atoms with E-state index in [4.69, 9.17) is 4.74 Å². The molecule has 5 aromatic rings. The first-order valence-electron chi connectivity index (χ1n) is 10.9. The minimum absolute atomic E-state index is 0.0354. The minimum Gasteiger partial charge on any atom is -0.506 e. The zero-order valence-corrected chi connectivity index (χ0v) is 17.9. The number of ether oxygens (including phenoxy) is 1. The third kappa shape index (κ3) is 2.65. The summed E-state index contributed by atoms with van der Waals surface area (Å²) in [5.74, 6) is -1.60. The minimum atomic E-state index is -1.21. The largest absolute Gasteiger partial charge is 0.506 e. The van der Waals surface area contributed by atoms with Gasteiger partial charge in [-0.2, -0.15) is 0 Å². The second-order valence-electron chi connectivity index (χ2n) is 8.75. The third-order valence-corrected chi connectivity index (χ3v) is 6.76. The first kappa shape index (κ1) is 19.9. The lowest BCUT2D eigenvalue weighted by atomic mass is 9.77. The van der Waals surface area contributed by atoms with Gasteiger partial charge in [-0.15, -0.1) is 0 Å². The van der Waals surface area contributed by atoms with E-state index in [0.29, 0.717) is 39.9 Å². The van der Waals surface area contributed by atoms with Gasteiger partial charge in [0.1, 0.15) is 45.6 Å². The Labute approximate surface area is 196 Å². The molecular formula is C25H16N4O6. The van der Waals surface area contributed by atoms with Gasteiger partial charge in [-0.05, 0) is 30.3 Å². The summed E-state index contributed by atoms with van der Waals surface area (Å²) in [5.41, 5.74) is 3.18. The molecule has 0 amide bonds. The molecule has 0 radical (unpaired) electrons. The Morgan fingerprint density at radius 3 is 2.29 bits per heavy atom. The van der Waals surface area contributed by atoms with Crippen LogP contribution in [0.2, 0.25) is 0 Å². The Kier molecular flexibility index (Phi) is 3.82. The fourth-order valence-electron chi connectivity index (χ4n) is 5.18. The summed E-state index contributed by atoms with van der Waals surface area (Å²) in [6.45, 7) is 0. The number of rotatable bonds is 1. The lowest BCUT2D eigenvalue weighted by molar-refractivity contribution is -0.0110. The quantitative estimate of drug-likeness (QED) is 0.269. The van der Waals surface area contributed by atoms with Crippen LogP contribution in [0, 0.1) is 0 Å². The number of aliphatic hydroxyl groups excluding tert-OH is 1. The molecule has 0 unspecified atom stereocenters. The van der Waals surface area contributed by atoms with Gasteiger partial charge in [-0.3, -0.25) is 0 Å². The number of para-hydroxylation sites is 2. The zero-order chi connectivity index (χ0) is 24.0. The molecule has 10 heteroatoms. The second-order valence-corrected chi connectivity index (χ2v) is 8.75. The zero-order valence-electron chi connectivity index (χ0n) is 17.9. The molecule has 1 aliphatic heterocycles. The average Bonchev–Trinajstić information content (AvgIpc) is 2.83. The number of phenolic OH excluding ortho intramolecular Hbond substituents is 2. The van der Waals surface area contributed by atoms with Gasteiger partial charge < -0.3 is 25.2 Å². The Morgan fingerprint density at radius 2 is 1.57 bits per heavy atom. The van der Waals surface area contributed by atoms with Crippen LogP contribution in [0.1, 0.15) is 39.3 Å². The van der Waals surface area contributed by atoms with Crippen LogP contribution in [0.3, 0.4) is 0 Å². The molecule has 7 rings (SSSR count). The number of aromatic nitrogens is 4. The number of aromatic carboxylic acids is 1. The van der Waals surface area contributed by atoms with E-state index in [1.54, 1.807) is 24.3 Å². The Balaban J connectivity index is 1.52. The van der Waals surface area contributed by atoms with E-state index in [9.17, 15) is 25.2 Å². The van der Waals surface area contributed by atoms with Gasteiger partial charge in [0.05, 0.1) is 27.8 Å². The number of carbonyl (C=O) groups is 1. The Morgan fingerprint density at radius 1 is 0.886 bits per heavy atom. The number of aliphatic hydroxyl groups is 1. The lowest BCUT2D eigenvalue weighted by Crippen LogP contribution is -2.41. The van der Waals surface area contributed by atoms with Gasteiger partial charge in [0, 0.05) is 17.9 Å². The van der Waals surface area contributed by atoms with Crippen molar-refractivity contribution in [3.8, 4) is 17.2 Å². The fourth-order valence-corrected chi connectivity index (χ4v) is 5.18. The monoisotopic (exact) mass is 468 g/mol. The highest BCUT2D eigenvalue weighted by molar-refractivity contribution is 6.05. The summed E-state index contributed by atoms with van der Waals surface area (Å²) >= 11 is 0. The maximum Gasteiger partial charge on any atom is 0.338 e. The van der Waals surface area contributed by atoms with Crippen molar-refractivity contribution < 1.29 is 30.0 Å². The molecule has 2 aromatic heterocycles. The van der Waals surface area contributed by atoms with Crippen LogP contribution in [0.25, 0.3) is 33.1 Å². The molecule has 0 saturated carbocycles. The number of phenols is 2. The first-order valence-corrected chi connectivity index (χ1v) is 10.9. The van der Waals surface area contributed by atoms with E-state index in [1.807, 2.05) is 0 Å². The van der Waals surface area contributed by atoms with Crippen LogP contribution in [-0.4, -0.2) is 52.4 Å². The molecule has 4 N–H and O–H groups in total. The molecule has 1 aliphatic carbocycles. The number of carboxylic acids is 1. The van der Waals surface area contributed by atoms with Gasteiger partial charge in [0.25, 0.3) is 0 Å². The predicted octanol–water partition coefficient (Wildman–Crippen LogP) is 2.97. The van der Waals surface area contributed by atoms with Crippen molar-refractivity contribution in [3.63, 3.8) is 0 Å². The van der Waals surface area contributed by atoms with Gasteiger partial charge in [0.2, 0.25) is 0 Å². The number of hydrogen-bond acceptors (Lipinski definition) is 9. The number of fused-ring (bicyclic) bond motifs is 10. The van der Waals surface area contributed by atoms with E-state index in [-0.39, 0.29) is 39.4 Å². The van der Waals surface area contributed by atoms with E-state index in [0.717, 1.165) is 0 Å². The van der Waals surface area contributed by atoms with Crippen molar-refractivity contribution in [2.75, 3.05) is 0 Å². The van der Waals surface area contributed by atoms with E-state index < -0.39 is 24.1 Å². The molecule has 0 fully saturated rings. The number of aromatic hydroxyl groups is 2. The maximum atomic E-state index is 12.1. The molecular weight excluding hydrogens is 452 g/mol. The van der Waals surface area contributed by atoms with E-state index >= 15 is 0 Å². The highest BCUT2D eigenvalue weighted by Crippen LogP contribution is 2.50. The van der Waals surface area contributed by atoms with E-state index in [1.165, 1.54) is 18.2 Å². The summed E-state index contributed by atoms with van der Waals surface area (Å²) in [7, 11) is 0. The van der Waals surface area contributed by atoms with Crippen molar-refractivity contribution in [2.24, 2.45) is 0 Å². The molecule has 0 saturated heterocycles. The van der Waals surface area contributed by atoms with E-state index in [2.05, 4.69) is 19.9 Å². The van der Waals surface area contributed by atoms with Gasteiger partial charge >= 0.3 is 5.97 Å². The highest BCUT2D eigenvalue weighted by atomic mass is 16.5. The molecule has 3 atom stereocenters. The van der Waals surface area contributed by atoms with Crippen LogP contribution >= 0.6 is 0 Å². The molecule has 3 aromatic carbocycles. The van der Waals surface area contributed by atoms with Crippen LogP contribution in [0.15, 0.2) is 42.5 Å². The first-order chi connectivity index (χ1) is 16.9. The van der Waals surface area contributed by atoms with Crippen molar-refractivity contribution in [3.05, 3.63) is 65.0 Å². The molecule has 0 spiro atoms. The van der Waals surface area contributed by atoms with Gasteiger partial charge in [-0.25, -0.2) is 24.7 Å². The molecule has 10 nitrogen and oxygen atoms in total. The van der Waals surface area contributed by atoms with Crippen molar-refractivity contribution in [1.82, 2.24) is 19.9 Å². The second kappa shape index (κ2) is 6.73. The summed E-state index contributed by atoms with van der Waals surface area (Å²) in [6, 6.07) is 11.0.